The predicted octanol–water partition coefficient (Wildman–Crippen LogP) is 2.18. The molecule has 0 spiro atoms. The van der Waals surface area contributed by atoms with E-state index >= 15 is 0 Å². The van der Waals surface area contributed by atoms with Gasteiger partial charge >= 0.3 is 5.97 Å². The van der Waals surface area contributed by atoms with Crippen LogP contribution in [0.25, 0.3) is 0 Å². The molecule has 0 aromatic heterocycles. The fourth-order valence-corrected chi connectivity index (χ4v) is 1.84. The average molecular weight is 361 g/mol. The number of benzene rings is 1. The van der Waals surface area contributed by atoms with Gasteiger partial charge in [0.25, 0.3) is 11.8 Å². The number of rotatable bonds is 8. The van der Waals surface area contributed by atoms with Gasteiger partial charge in [0.05, 0.1) is 10.0 Å². The normalized spacial score (nSPS) is 10.0. The summed E-state index contributed by atoms with van der Waals surface area (Å²) in [6.07, 6.45) is 1.82. The highest BCUT2D eigenvalue weighted by atomic mass is 35.5. The van der Waals surface area contributed by atoms with Crippen LogP contribution < -0.4 is 10.6 Å². The molecule has 2 N–H and O–H groups in total. The molecular weight excluding hydrogens is 343 g/mol. The van der Waals surface area contributed by atoms with Crippen molar-refractivity contribution in [2.24, 2.45) is 0 Å². The monoisotopic (exact) mass is 360 g/mol. The smallest absolute Gasteiger partial charge is 0.325 e. The standard InChI is InChI=1S/C15H18Cl2N2O4/c1-2-3-6-18-13(20)9-23-14(21)8-19-15(22)10-4-5-11(16)12(17)7-10/h4-5,7H,2-3,6,8-9H2,1H3,(H,18,20)(H,19,22). The van der Waals surface area contributed by atoms with Crippen molar-refractivity contribution >= 4 is 41.0 Å². The van der Waals surface area contributed by atoms with E-state index in [2.05, 4.69) is 10.6 Å². The Hall–Kier alpha value is -1.79. The highest BCUT2D eigenvalue weighted by Gasteiger charge is 2.11. The van der Waals surface area contributed by atoms with E-state index in [9.17, 15) is 14.4 Å². The zero-order valence-corrected chi connectivity index (χ0v) is 14.2. The van der Waals surface area contributed by atoms with Gasteiger partial charge in [-0.05, 0) is 24.6 Å². The lowest BCUT2D eigenvalue weighted by Gasteiger charge is -2.07. The van der Waals surface area contributed by atoms with Gasteiger partial charge in [0, 0.05) is 12.1 Å². The zero-order valence-electron chi connectivity index (χ0n) is 12.7. The van der Waals surface area contributed by atoms with Crippen molar-refractivity contribution in [1.82, 2.24) is 10.6 Å². The van der Waals surface area contributed by atoms with E-state index in [0.717, 1.165) is 12.8 Å². The molecule has 0 saturated heterocycles. The quantitative estimate of drug-likeness (QED) is 0.549. The molecule has 6 nitrogen and oxygen atoms in total. The van der Waals surface area contributed by atoms with E-state index in [1.54, 1.807) is 0 Å². The van der Waals surface area contributed by atoms with Gasteiger partial charge in [0.1, 0.15) is 6.54 Å². The minimum atomic E-state index is -0.705. The minimum Gasteiger partial charge on any atom is -0.454 e. The van der Waals surface area contributed by atoms with Gasteiger partial charge in [-0.25, -0.2) is 0 Å². The number of nitrogens with one attached hydrogen (secondary N) is 2. The van der Waals surface area contributed by atoms with Crippen LogP contribution in [0.15, 0.2) is 18.2 Å². The summed E-state index contributed by atoms with van der Waals surface area (Å²) in [7, 11) is 0. The van der Waals surface area contributed by atoms with E-state index in [1.165, 1.54) is 18.2 Å². The summed E-state index contributed by atoms with van der Waals surface area (Å²) >= 11 is 11.6. The topological polar surface area (TPSA) is 84.5 Å². The molecule has 0 aliphatic heterocycles. The van der Waals surface area contributed by atoms with Crippen molar-refractivity contribution in [1.29, 1.82) is 0 Å². The number of carbonyl (C=O) groups is 3. The average Bonchev–Trinajstić information content (AvgIpc) is 2.53. The van der Waals surface area contributed by atoms with Crippen molar-refractivity contribution in [2.75, 3.05) is 19.7 Å². The molecule has 126 valence electrons. The molecule has 0 radical (unpaired) electrons. The first-order chi connectivity index (χ1) is 10.9. The molecule has 0 atom stereocenters. The number of ether oxygens (including phenoxy) is 1. The fourth-order valence-electron chi connectivity index (χ4n) is 1.54. The summed E-state index contributed by atoms with van der Waals surface area (Å²) in [5.74, 6) is -1.57. The molecule has 2 amide bonds. The second-order valence-electron chi connectivity index (χ2n) is 4.68. The molecular formula is C15H18Cl2N2O4. The van der Waals surface area contributed by atoms with E-state index in [1.807, 2.05) is 6.92 Å². The van der Waals surface area contributed by atoms with Crippen LogP contribution in [0.4, 0.5) is 0 Å². The van der Waals surface area contributed by atoms with E-state index in [4.69, 9.17) is 27.9 Å². The van der Waals surface area contributed by atoms with Gasteiger partial charge in [-0.15, -0.1) is 0 Å². The maximum absolute atomic E-state index is 11.8. The Labute approximate surface area is 144 Å². The summed E-state index contributed by atoms with van der Waals surface area (Å²) in [5.41, 5.74) is 0.268. The van der Waals surface area contributed by atoms with Crippen LogP contribution in [0, 0.1) is 0 Å². The van der Waals surface area contributed by atoms with Crippen LogP contribution in [0.1, 0.15) is 30.1 Å². The molecule has 0 bridgehead atoms. The van der Waals surface area contributed by atoms with Crippen molar-refractivity contribution in [3.8, 4) is 0 Å². The zero-order chi connectivity index (χ0) is 17.2. The SMILES string of the molecule is CCCCNC(=O)COC(=O)CNC(=O)c1ccc(Cl)c(Cl)c1. The number of unbranched alkanes of at least 4 members (excludes halogenated alkanes) is 1. The summed E-state index contributed by atoms with van der Waals surface area (Å²) < 4.78 is 4.75. The molecule has 0 saturated carbocycles. The van der Waals surface area contributed by atoms with E-state index in [0.29, 0.717) is 11.6 Å². The molecule has 8 heteroatoms. The third kappa shape index (κ3) is 7.34. The van der Waals surface area contributed by atoms with Crippen LogP contribution in [-0.2, 0) is 14.3 Å². The molecule has 0 heterocycles. The van der Waals surface area contributed by atoms with E-state index < -0.39 is 11.9 Å². The van der Waals surface area contributed by atoms with Gasteiger partial charge < -0.3 is 15.4 Å². The molecule has 1 aromatic rings. The number of amides is 2. The number of carbonyl (C=O) groups excluding carboxylic acids is 3. The Bertz CT molecular complexity index is 579. The molecule has 23 heavy (non-hydrogen) atoms. The molecule has 1 rings (SSSR count). The fraction of sp³-hybridized carbons (Fsp3) is 0.400. The lowest BCUT2D eigenvalue weighted by molar-refractivity contribution is -0.147. The van der Waals surface area contributed by atoms with Crippen molar-refractivity contribution in [3.05, 3.63) is 33.8 Å². The Morgan fingerprint density at radius 3 is 2.52 bits per heavy atom. The van der Waals surface area contributed by atoms with Gasteiger partial charge in [-0.3, -0.25) is 14.4 Å². The molecule has 0 aliphatic carbocycles. The van der Waals surface area contributed by atoms with Crippen LogP contribution in [0.5, 0.6) is 0 Å². The number of esters is 1. The van der Waals surface area contributed by atoms with Crippen molar-refractivity contribution in [3.63, 3.8) is 0 Å². The summed E-state index contributed by atoms with van der Waals surface area (Å²) in [6.45, 7) is 1.83. The Kier molecular flexibility index (Phi) is 8.43. The van der Waals surface area contributed by atoms with Crippen LogP contribution in [0.2, 0.25) is 10.0 Å². The summed E-state index contributed by atoms with van der Waals surface area (Å²) in [5, 5.41) is 5.56. The minimum absolute atomic E-state index is 0.241. The van der Waals surface area contributed by atoms with E-state index in [-0.39, 0.29) is 29.6 Å². The summed E-state index contributed by atoms with van der Waals surface area (Å²) in [6, 6.07) is 4.36. The Balaban J connectivity index is 2.31. The van der Waals surface area contributed by atoms with Crippen molar-refractivity contribution < 1.29 is 19.1 Å². The lowest BCUT2D eigenvalue weighted by Crippen LogP contribution is -2.34. The molecule has 0 fully saturated rings. The Morgan fingerprint density at radius 2 is 1.87 bits per heavy atom. The highest BCUT2D eigenvalue weighted by molar-refractivity contribution is 6.42. The lowest BCUT2D eigenvalue weighted by atomic mass is 10.2. The van der Waals surface area contributed by atoms with Gasteiger partial charge in [0.15, 0.2) is 6.61 Å². The first-order valence-electron chi connectivity index (χ1n) is 7.09. The maximum Gasteiger partial charge on any atom is 0.325 e. The second kappa shape index (κ2) is 10.1. The third-order valence-corrected chi connectivity index (χ3v) is 3.53. The largest absolute Gasteiger partial charge is 0.454 e. The van der Waals surface area contributed by atoms with Gasteiger partial charge in [-0.2, -0.15) is 0 Å². The maximum atomic E-state index is 11.8. The van der Waals surface area contributed by atoms with Crippen LogP contribution >= 0.6 is 23.2 Å². The second-order valence-corrected chi connectivity index (χ2v) is 5.49. The predicted molar refractivity (Wildman–Crippen MR) is 87.7 cm³/mol. The molecule has 0 aliphatic rings. The third-order valence-electron chi connectivity index (χ3n) is 2.79. The summed E-state index contributed by atoms with van der Waals surface area (Å²) in [4.78, 5) is 34.6. The first-order valence-corrected chi connectivity index (χ1v) is 7.85. The van der Waals surface area contributed by atoms with Crippen molar-refractivity contribution in [2.45, 2.75) is 19.8 Å². The number of hydrogen-bond donors (Lipinski definition) is 2. The highest BCUT2D eigenvalue weighted by Crippen LogP contribution is 2.22. The van der Waals surface area contributed by atoms with Gasteiger partial charge in [-0.1, -0.05) is 36.5 Å². The number of hydrogen-bond acceptors (Lipinski definition) is 4. The van der Waals surface area contributed by atoms with Crippen LogP contribution in [0.3, 0.4) is 0 Å². The Morgan fingerprint density at radius 1 is 1.13 bits per heavy atom. The first kappa shape index (κ1) is 19.3. The molecule has 0 unspecified atom stereocenters. The van der Waals surface area contributed by atoms with Gasteiger partial charge in [0.2, 0.25) is 0 Å². The molecule has 1 aromatic carbocycles. The number of halogens is 2. The van der Waals surface area contributed by atoms with Crippen LogP contribution in [-0.4, -0.2) is 37.5 Å².